The molecule has 0 amide bonds. The van der Waals surface area contributed by atoms with Gasteiger partial charge in [-0.25, -0.2) is 0 Å². The lowest BCUT2D eigenvalue weighted by Gasteiger charge is -2.21. The number of nitrogens with two attached hydrogens (primary N) is 1. The number of ether oxygens (including phenoxy) is 1. The Hall–Kier alpha value is -1.20. The molecule has 4 nitrogen and oxygen atoms in total. The summed E-state index contributed by atoms with van der Waals surface area (Å²) in [5, 5.41) is 0. The van der Waals surface area contributed by atoms with Gasteiger partial charge in [-0.2, -0.15) is 0 Å². The predicted octanol–water partition coefficient (Wildman–Crippen LogP) is 2.21. The van der Waals surface area contributed by atoms with E-state index in [2.05, 4.69) is 23.7 Å². The summed E-state index contributed by atoms with van der Waals surface area (Å²) in [6.45, 7) is 8.79. The second-order valence-electron chi connectivity index (χ2n) is 4.63. The Morgan fingerprint density at radius 3 is 2.68 bits per heavy atom. The van der Waals surface area contributed by atoms with Crippen LogP contribution < -0.4 is 10.5 Å². The number of pyridine rings is 1. The number of thiocarbonyl (C=S) groups is 1. The summed E-state index contributed by atoms with van der Waals surface area (Å²) in [5.41, 5.74) is 8.77. The molecule has 106 valence electrons. The lowest BCUT2D eigenvalue weighted by Crippen LogP contribution is -2.28. The van der Waals surface area contributed by atoms with Crippen LogP contribution in [0.3, 0.4) is 0 Å². The molecule has 0 aliphatic heterocycles. The van der Waals surface area contributed by atoms with Gasteiger partial charge < -0.3 is 10.5 Å². The van der Waals surface area contributed by atoms with Crippen molar-refractivity contribution in [3.8, 4) is 5.75 Å². The highest BCUT2D eigenvalue weighted by Gasteiger charge is 2.12. The summed E-state index contributed by atoms with van der Waals surface area (Å²) < 4.78 is 5.43. The molecule has 0 saturated carbocycles. The number of aromatic nitrogens is 1. The Morgan fingerprint density at radius 1 is 1.47 bits per heavy atom. The average molecular weight is 281 g/mol. The van der Waals surface area contributed by atoms with Crippen LogP contribution in [0.2, 0.25) is 0 Å². The van der Waals surface area contributed by atoms with Gasteiger partial charge in [0.05, 0.1) is 17.8 Å². The minimum Gasteiger partial charge on any atom is -0.496 e. The average Bonchev–Trinajstić information content (AvgIpc) is 2.37. The van der Waals surface area contributed by atoms with Crippen molar-refractivity contribution >= 4 is 17.2 Å². The molecule has 0 aliphatic carbocycles. The summed E-state index contributed by atoms with van der Waals surface area (Å²) >= 11 is 4.92. The number of nitrogens with zero attached hydrogens (tertiary/aromatic N) is 2. The van der Waals surface area contributed by atoms with Crippen LogP contribution in [0.5, 0.6) is 5.75 Å². The Labute approximate surface area is 121 Å². The summed E-state index contributed by atoms with van der Waals surface area (Å²) in [5.74, 6) is 0.926. The SMILES string of the molecule is CCN(CCC(N)=S)Cc1ncc(C)c(OC)c1C. The second kappa shape index (κ2) is 7.40. The van der Waals surface area contributed by atoms with E-state index in [0.29, 0.717) is 4.99 Å². The molecule has 0 atom stereocenters. The van der Waals surface area contributed by atoms with E-state index >= 15 is 0 Å². The molecule has 0 radical (unpaired) electrons. The molecule has 2 N–H and O–H groups in total. The van der Waals surface area contributed by atoms with E-state index in [4.69, 9.17) is 22.7 Å². The number of aryl methyl sites for hydroxylation is 1. The van der Waals surface area contributed by atoms with Gasteiger partial charge in [0.15, 0.2) is 0 Å². The molecule has 0 unspecified atom stereocenters. The van der Waals surface area contributed by atoms with Crippen molar-refractivity contribution in [2.24, 2.45) is 5.73 Å². The minimum atomic E-state index is 0.560. The maximum Gasteiger partial charge on any atom is 0.128 e. The monoisotopic (exact) mass is 281 g/mol. The quantitative estimate of drug-likeness (QED) is 0.777. The predicted molar refractivity (Wildman–Crippen MR) is 82.6 cm³/mol. The van der Waals surface area contributed by atoms with Crippen LogP contribution in [0.4, 0.5) is 0 Å². The molecule has 1 heterocycles. The number of methoxy groups -OCH3 is 1. The lowest BCUT2D eigenvalue weighted by molar-refractivity contribution is 0.283. The Bertz CT molecular complexity index is 449. The summed E-state index contributed by atoms with van der Waals surface area (Å²) in [4.78, 5) is 7.36. The number of rotatable bonds is 7. The van der Waals surface area contributed by atoms with Crippen molar-refractivity contribution in [1.82, 2.24) is 9.88 Å². The van der Waals surface area contributed by atoms with Crippen molar-refractivity contribution < 1.29 is 4.74 Å². The molecule has 0 bridgehead atoms. The van der Waals surface area contributed by atoms with E-state index in [1.807, 2.05) is 13.1 Å². The van der Waals surface area contributed by atoms with Crippen molar-refractivity contribution in [1.29, 1.82) is 0 Å². The van der Waals surface area contributed by atoms with Crippen molar-refractivity contribution in [3.05, 3.63) is 23.0 Å². The molecule has 1 rings (SSSR count). The van der Waals surface area contributed by atoms with Crippen LogP contribution in [0.15, 0.2) is 6.20 Å². The third kappa shape index (κ3) is 4.44. The zero-order valence-electron chi connectivity index (χ0n) is 12.2. The van der Waals surface area contributed by atoms with E-state index in [-0.39, 0.29) is 0 Å². The Morgan fingerprint density at radius 2 is 2.16 bits per heavy atom. The largest absolute Gasteiger partial charge is 0.496 e. The van der Waals surface area contributed by atoms with Gasteiger partial charge in [0.25, 0.3) is 0 Å². The number of hydrogen-bond acceptors (Lipinski definition) is 4. The standard InChI is InChI=1S/C14H23N3OS/c1-5-17(7-6-13(15)19)9-12-11(3)14(18-4)10(2)8-16-12/h8H,5-7,9H2,1-4H3,(H2,15,19). The molecule has 5 heteroatoms. The first-order chi connectivity index (χ1) is 8.99. The topological polar surface area (TPSA) is 51.4 Å². The molecule has 1 aromatic rings. The van der Waals surface area contributed by atoms with E-state index in [1.165, 1.54) is 0 Å². The van der Waals surface area contributed by atoms with Crippen LogP contribution in [0, 0.1) is 13.8 Å². The highest BCUT2D eigenvalue weighted by Crippen LogP contribution is 2.24. The molecule has 0 aromatic carbocycles. The second-order valence-corrected chi connectivity index (χ2v) is 5.16. The molecule has 0 spiro atoms. The van der Waals surface area contributed by atoms with E-state index < -0.39 is 0 Å². The van der Waals surface area contributed by atoms with Gasteiger partial charge in [0.2, 0.25) is 0 Å². The van der Waals surface area contributed by atoms with Gasteiger partial charge in [-0.3, -0.25) is 9.88 Å². The van der Waals surface area contributed by atoms with Crippen LogP contribution >= 0.6 is 12.2 Å². The Balaban J connectivity index is 2.82. The molecular formula is C14H23N3OS. The maximum atomic E-state index is 5.55. The van der Waals surface area contributed by atoms with Gasteiger partial charge in [-0.05, 0) is 20.4 Å². The van der Waals surface area contributed by atoms with Crippen molar-refractivity contribution in [3.63, 3.8) is 0 Å². The zero-order valence-corrected chi connectivity index (χ0v) is 13.0. The van der Waals surface area contributed by atoms with Gasteiger partial charge in [-0.1, -0.05) is 19.1 Å². The molecule has 0 saturated heterocycles. The van der Waals surface area contributed by atoms with Gasteiger partial charge in [0.1, 0.15) is 5.75 Å². The summed E-state index contributed by atoms with van der Waals surface area (Å²) in [6, 6.07) is 0. The fourth-order valence-corrected chi connectivity index (χ4v) is 2.15. The molecule has 19 heavy (non-hydrogen) atoms. The fourth-order valence-electron chi connectivity index (χ4n) is 2.06. The maximum absolute atomic E-state index is 5.55. The minimum absolute atomic E-state index is 0.560. The first kappa shape index (κ1) is 15.9. The number of hydrogen-bond donors (Lipinski definition) is 1. The summed E-state index contributed by atoms with van der Waals surface area (Å²) in [7, 11) is 1.70. The van der Waals surface area contributed by atoms with Gasteiger partial charge in [0, 0.05) is 36.8 Å². The van der Waals surface area contributed by atoms with Gasteiger partial charge in [-0.15, -0.1) is 0 Å². The van der Waals surface area contributed by atoms with Crippen LogP contribution in [0.25, 0.3) is 0 Å². The smallest absolute Gasteiger partial charge is 0.128 e. The third-order valence-corrected chi connectivity index (χ3v) is 3.45. The highest BCUT2D eigenvalue weighted by atomic mass is 32.1. The molecule has 0 aliphatic rings. The van der Waals surface area contributed by atoms with Crippen molar-refractivity contribution in [2.45, 2.75) is 33.7 Å². The fraction of sp³-hybridized carbons (Fsp3) is 0.571. The van der Waals surface area contributed by atoms with Crippen molar-refractivity contribution in [2.75, 3.05) is 20.2 Å². The van der Waals surface area contributed by atoms with Crippen LogP contribution in [-0.4, -0.2) is 35.1 Å². The first-order valence-electron chi connectivity index (χ1n) is 6.49. The normalized spacial score (nSPS) is 10.8. The zero-order chi connectivity index (χ0) is 14.4. The lowest BCUT2D eigenvalue weighted by atomic mass is 10.1. The summed E-state index contributed by atoms with van der Waals surface area (Å²) in [6.07, 6.45) is 2.60. The molecule has 1 aromatic heterocycles. The van der Waals surface area contributed by atoms with Crippen LogP contribution in [-0.2, 0) is 6.54 Å². The van der Waals surface area contributed by atoms with E-state index in [9.17, 15) is 0 Å². The Kier molecular flexibility index (Phi) is 6.18. The van der Waals surface area contributed by atoms with E-state index in [1.54, 1.807) is 7.11 Å². The first-order valence-corrected chi connectivity index (χ1v) is 6.90. The molecular weight excluding hydrogens is 258 g/mol. The van der Waals surface area contributed by atoms with E-state index in [0.717, 1.165) is 48.6 Å². The third-order valence-electron chi connectivity index (χ3n) is 3.24. The molecule has 0 fully saturated rings. The van der Waals surface area contributed by atoms with Crippen LogP contribution in [0.1, 0.15) is 30.2 Å². The highest BCUT2D eigenvalue weighted by molar-refractivity contribution is 7.80. The van der Waals surface area contributed by atoms with Gasteiger partial charge >= 0.3 is 0 Å².